The Labute approximate surface area is 197 Å². The number of carbonyl (C=O) groups is 1. The minimum absolute atomic E-state index is 0.167. The van der Waals surface area contributed by atoms with Crippen molar-refractivity contribution < 1.29 is 14.3 Å². The number of hydrogen-bond donors (Lipinski definition) is 1. The van der Waals surface area contributed by atoms with Gasteiger partial charge in [0.15, 0.2) is 17.1 Å². The van der Waals surface area contributed by atoms with Crippen molar-refractivity contribution in [2.45, 2.75) is 45.5 Å². The number of nitrogens with zero attached hydrogens (tertiary/aromatic N) is 3. The second kappa shape index (κ2) is 10.7. The lowest BCUT2D eigenvalue weighted by atomic mass is 10.1. The molecule has 0 aliphatic carbocycles. The molecule has 32 heavy (non-hydrogen) atoms. The van der Waals surface area contributed by atoms with Gasteiger partial charge in [0.2, 0.25) is 5.91 Å². The second-order valence-corrected chi connectivity index (χ2v) is 8.67. The van der Waals surface area contributed by atoms with Crippen LogP contribution in [0, 0.1) is 13.8 Å². The van der Waals surface area contributed by atoms with Crippen LogP contribution < -0.4 is 14.8 Å². The predicted octanol–water partition coefficient (Wildman–Crippen LogP) is 5.45. The van der Waals surface area contributed by atoms with Crippen molar-refractivity contribution in [2.75, 3.05) is 18.2 Å². The third-order valence-electron chi connectivity index (χ3n) is 4.83. The van der Waals surface area contributed by atoms with Crippen molar-refractivity contribution in [1.29, 1.82) is 0 Å². The van der Waals surface area contributed by atoms with Gasteiger partial charge in [-0.2, -0.15) is 0 Å². The van der Waals surface area contributed by atoms with Crippen LogP contribution in [0.2, 0.25) is 5.02 Å². The fraction of sp³-hybridized carbons (Fsp3) is 0.348. The van der Waals surface area contributed by atoms with Gasteiger partial charge < -0.3 is 19.4 Å². The standard InChI is InChI=1S/C23H27ClN4O3S/c1-6-28-22(16(4)31-19-9-7-14(2)11-15(19)3)26-27-23(28)32-13-21(29)25-18-12-17(24)8-10-20(18)30-5/h7-12,16H,6,13H2,1-5H3,(H,25,29). The van der Waals surface area contributed by atoms with Crippen molar-refractivity contribution in [1.82, 2.24) is 14.8 Å². The maximum atomic E-state index is 12.5. The summed E-state index contributed by atoms with van der Waals surface area (Å²) in [4.78, 5) is 12.5. The van der Waals surface area contributed by atoms with E-state index in [9.17, 15) is 4.79 Å². The van der Waals surface area contributed by atoms with Crippen molar-refractivity contribution in [2.24, 2.45) is 0 Å². The lowest BCUT2D eigenvalue weighted by Gasteiger charge is -2.17. The highest BCUT2D eigenvalue weighted by atomic mass is 35.5. The lowest BCUT2D eigenvalue weighted by molar-refractivity contribution is -0.113. The number of halogens is 1. The molecule has 0 saturated heterocycles. The number of methoxy groups -OCH3 is 1. The van der Waals surface area contributed by atoms with E-state index in [0.717, 1.165) is 11.3 Å². The largest absolute Gasteiger partial charge is 0.495 e. The minimum Gasteiger partial charge on any atom is -0.495 e. The van der Waals surface area contributed by atoms with E-state index in [1.54, 1.807) is 25.3 Å². The third-order valence-corrected chi connectivity index (χ3v) is 6.03. The molecule has 3 aromatic rings. The van der Waals surface area contributed by atoms with Gasteiger partial charge in [-0.25, -0.2) is 0 Å². The Hall–Kier alpha value is -2.71. The molecule has 0 radical (unpaired) electrons. The Morgan fingerprint density at radius 2 is 1.94 bits per heavy atom. The molecule has 2 aromatic carbocycles. The van der Waals surface area contributed by atoms with E-state index in [4.69, 9.17) is 21.1 Å². The molecule has 3 rings (SSSR count). The van der Waals surface area contributed by atoms with Crippen molar-refractivity contribution in [3.63, 3.8) is 0 Å². The van der Waals surface area contributed by atoms with Crippen LogP contribution in [0.25, 0.3) is 0 Å². The van der Waals surface area contributed by atoms with Crippen LogP contribution in [0.15, 0.2) is 41.6 Å². The minimum atomic E-state index is -0.289. The van der Waals surface area contributed by atoms with E-state index >= 15 is 0 Å². The summed E-state index contributed by atoms with van der Waals surface area (Å²) in [6.45, 7) is 8.69. The normalized spacial score (nSPS) is 11.8. The number of carbonyl (C=O) groups excluding carboxylic acids is 1. The van der Waals surface area contributed by atoms with Gasteiger partial charge in [0.1, 0.15) is 11.5 Å². The monoisotopic (exact) mass is 474 g/mol. The first-order valence-corrected chi connectivity index (χ1v) is 11.6. The van der Waals surface area contributed by atoms with Crippen LogP contribution in [0.3, 0.4) is 0 Å². The summed E-state index contributed by atoms with van der Waals surface area (Å²) < 4.78 is 13.4. The van der Waals surface area contributed by atoms with E-state index < -0.39 is 0 Å². The van der Waals surface area contributed by atoms with Gasteiger partial charge in [-0.1, -0.05) is 41.1 Å². The maximum Gasteiger partial charge on any atom is 0.234 e. The summed E-state index contributed by atoms with van der Waals surface area (Å²) in [5.74, 6) is 2.05. The first-order valence-electron chi connectivity index (χ1n) is 10.3. The third kappa shape index (κ3) is 5.75. The second-order valence-electron chi connectivity index (χ2n) is 7.30. The average molecular weight is 475 g/mol. The number of benzene rings is 2. The van der Waals surface area contributed by atoms with Gasteiger partial charge in [0.05, 0.1) is 18.6 Å². The molecular weight excluding hydrogens is 448 g/mol. The van der Waals surface area contributed by atoms with Gasteiger partial charge >= 0.3 is 0 Å². The van der Waals surface area contributed by atoms with Crippen LogP contribution in [0.5, 0.6) is 11.5 Å². The van der Waals surface area contributed by atoms with E-state index in [1.165, 1.54) is 17.3 Å². The Bertz CT molecular complexity index is 1100. The molecule has 1 amide bonds. The summed E-state index contributed by atoms with van der Waals surface area (Å²) in [7, 11) is 1.54. The Balaban J connectivity index is 1.67. The van der Waals surface area contributed by atoms with Crippen LogP contribution in [-0.2, 0) is 11.3 Å². The first-order chi connectivity index (χ1) is 15.3. The quantitative estimate of drug-likeness (QED) is 0.415. The lowest BCUT2D eigenvalue weighted by Crippen LogP contribution is -2.16. The molecule has 1 heterocycles. The molecule has 170 valence electrons. The molecule has 0 bridgehead atoms. The number of aryl methyl sites for hydroxylation is 2. The molecule has 1 unspecified atom stereocenters. The van der Waals surface area contributed by atoms with Crippen molar-refractivity contribution in [3.05, 3.63) is 58.4 Å². The van der Waals surface area contributed by atoms with E-state index in [0.29, 0.717) is 34.0 Å². The zero-order chi connectivity index (χ0) is 23.3. The Morgan fingerprint density at radius 3 is 2.62 bits per heavy atom. The maximum absolute atomic E-state index is 12.5. The molecule has 9 heteroatoms. The van der Waals surface area contributed by atoms with Crippen LogP contribution in [0.1, 0.15) is 36.9 Å². The SMILES string of the molecule is CCn1c(SCC(=O)Nc2cc(Cl)ccc2OC)nnc1C(C)Oc1ccc(C)cc1C. The molecule has 1 N–H and O–H groups in total. The molecule has 0 saturated carbocycles. The van der Waals surface area contributed by atoms with E-state index in [-0.39, 0.29) is 17.8 Å². The van der Waals surface area contributed by atoms with Crippen LogP contribution in [0.4, 0.5) is 5.69 Å². The van der Waals surface area contributed by atoms with Gasteiger partial charge in [-0.15, -0.1) is 10.2 Å². The zero-order valence-electron chi connectivity index (χ0n) is 18.8. The van der Waals surface area contributed by atoms with Gasteiger partial charge in [0.25, 0.3) is 0 Å². The number of anilines is 1. The fourth-order valence-electron chi connectivity index (χ4n) is 3.27. The molecule has 0 aliphatic rings. The number of amides is 1. The van der Waals surface area contributed by atoms with Gasteiger partial charge in [-0.05, 0) is 57.5 Å². The summed E-state index contributed by atoms with van der Waals surface area (Å²) in [5.41, 5.74) is 2.78. The number of thioether (sulfide) groups is 1. The fourth-order valence-corrected chi connectivity index (χ4v) is 4.26. The molecule has 1 atom stereocenters. The van der Waals surface area contributed by atoms with Gasteiger partial charge in [0, 0.05) is 11.6 Å². The first kappa shape index (κ1) is 23.9. The number of nitrogens with one attached hydrogen (secondary N) is 1. The molecule has 1 aromatic heterocycles. The summed E-state index contributed by atoms with van der Waals surface area (Å²) in [6, 6.07) is 11.1. The van der Waals surface area contributed by atoms with Crippen molar-refractivity contribution >= 4 is 35.0 Å². The van der Waals surface area contributed by atoms with Crippen LogP contribution in [-0.4, -0.2) is 33.5 Å². The Kier molecular flexibility index (Phi) is 8.04. The van der Waals surface area contributed by atoms with E-state index in [1.807, 2.05) is 37.5 Å². The highest BCUT2D eigenvalue weighted by molar-refractivity contribution is 7.99. The smallest absolute Gasteiger partial charge is 0.234 e. The average Bonchev–Trinajstić information content (AvgIpc) is 3.17. The van der Waals surface area contributed by atoms with E-state index in [2.05, 4.69) is 28.5 Å². The summed E-state index contributed by atoms with van der Waals surface area (Å²) in [6.07, 6.45) is -0.289. The predicted molar refractivity (Wildman–Crippen MR) is 128 cm³/mol. The Morgan fingerprint density at radius 1 is 1.19 bits per heavy atom. The topological polar surface area (TPSA) is 78.3 Å². The highest BCUT2D eigenvalue weighted by Crippen LogP contribution is 2.29. The highest BCUT2D eigenvalue weighted by Gasteiger charge is 2.20. The summed E-state index contributed by atoms with van der Waals surface area (Å²) >= 11 is 7.35. The molecule has 0 spiro atoms. The van der Waals surface area contributed by atoms with Crippen molar-refractivity contribution in [3.8, 4) is 11.5 Å². The number of aromatic nitrogens is 3. The molecule has 7 nitrogen and oxygen atoms in total. The van der Waals surface area contributed by atoms with Gasteiger partial charge in [-0.3, -0.25) is 4.79 Å². The molecule has 0 aliphatic heterocycles. The number of hydrogen-bond acceptors (Lipinski definition) is 6. The number of rotatable bonds is 9. The van der Waals surface area contributed by atoms with Crippen LogP contribution >= 0.6 is 23.4 Å². The summed E-state index contributed by atoms with van der Waals surface area (Å²) in [5, 5.41) is 12.6. The molecule has 0 fully saturated rings. The number of ether oxygens (including phenoxy) is 2. The zero-order valence-corrected chi connectivity index (χ0v) is 20.4. The molecular formula is C23H27ClN4O3S.